The molecule has 0 spiro atoms. The van der Waals surface area contributed by atoms with Crippen LogP contribution in [0, 0.1) is 11.8 Å². The highest BCUT2D eigenvalue weighted by molar-refractivity contribution is 6.04. The molecule has 3 N–H and O–H groups in total. The molecule has 1 saturated heterocycles. The number of quaternary nitrogens is 1. The van der Waals surface area contributed by atoms with Gasteiger partial charge in [0.05, 0.1) is 20.2 Å². The molecule has 3 rings (SSSR count). The molecule has 1 aliphatic rings. The summed E-state index contributed by atoms with van der Waals surface area (Å²) >= 11 is 0. The predicted octanol–water partition coefficient (Wildman–Crippen LogP) is 2.45. The summed E-state index contributed by atoms with van der Waals surface area (Å²) in [5.41, 5.74) is 1.93. The summed E-state index contributed by atoms with van der Waals surface area (Å²) in [5.74, 6) is 1.86. The van der Waals surface area contributed by atoms with Gasteiger partial charge in [-0.3, -0.25) is 9.59 Å². The Bertz CT molecular complexity index is 823. The number of anilines is 2. The van der Waals surface area contributed by atoms with Crippen LogP contribution in [0.25, 0.3) is 0 Å². The van der Waals surface area contributed by atoms with Gasteiger partial charge >= 0.3 is 0 Å². The van der Waals surface area contributed by atoms with Crippen molar-refractivity contribution in [1.82, 2.24) is 0 Å². The SMILES string of the molecule is COc1ccc(NC(=O)c2ccc(NC(=O)C[NH+]3C[C@@H](C)C[C@H](C)C3)cc2)cc1. The highest BCUT2D eigenvalue weighted by atomic mass is 16.5. The van der Waals surface area contributed by atoms with Crippen molar-refractivity contribution >= 4 is 23.2 Å². The quantitative estimate of drug-likeness (QED) is 0.702. The second-order valence-electron chi connectivity index (χ2n) is 8.09. The molecule has 0 radical (unpaired) electrons. The summed E-state index contributed by atoms with van der Waals surface area (Å²) in [6.07, 6.45) is 1.24. The number of ether oxygens (including phenoxy) is 1. The fourth-order valence-electron chi connectivity index (χ4n) is 4.08. The maximum Gasteiger partial charge on any atom is 0.279 e. The average Bonchev–Trinajstić information content (AvgIpc) is 2.68. The number of likely N-dealkylation sites (tertiary alicyclic amines) is 1. The second kappa shape index (κ2) is 9.56. The minimum Gasteiger partial charge on any atom is -0.497 e. The lowest BCUT2D eigenvalue weighted by molar-refractivity contribution is -0.904. The topological polar surface area (TPSA) is 71.9 Å². The van der Waals surface area contributed by atoms with Gasteiger partial charge in [-0.1, -0.05) is 13.8 Å². The van der Waals surface area contributed by atoms with Crippen LogP contribution in [-0.4, -0.2) is 38.6 Å². The molecule has 2 atom stereocenters. The number of hydrogen-bond donors (Lipinski definition) is 3. The van der Waals surface area contributed by atoms with Crippen LogP contribution >= 0.6 is 0 Å². The van der Waals surface area contributed by atoms with Gasteiger partial charge in [-0.2, -0.15) is 0 Å². The number of rotatable bonds is 6. The molecular weight excluding hydrogens is 366 g/mol. The minimum atomic E-state index is -0.200. The van der Waals surface area contributed by atoms with Crippen molar-refractivity contribution in [2.75, 3.05) is 37.4 Å². The van der Waals surface area contributed by atoms with Crippen LogP contribution < -0.4 is 20.3 Å². The molecule has 1 fully saturated rings. The Labute approximate surface area is 172 Å². The molecule has 0 aromatic heterocycles. The van der Waals surface area contributed by atoms with Crippen LogP contribution in [0.4, 0.5) is 11.4 Å². The first-order valence-electron chi connectivity index (χ1n) is 10.1. The van der Waals surface area contributed by atoms with Gasteiger partial charge in [0.15, 0.2) is 6.54 Å². The molecule has 1 heterocycles. The number of nitrogens with one attached hydrogen (secondary N) is 3. The van der Waals surface area contributed by atoms with E-state index >= 15 is 0 Å². The number of carbonyl (C=O) groups is 2. The summed E-state index contributed by atoms with van der Waals surface area (Å²) in [7, 11) is 1.60. The molecular formula is C23H30N3O3+. The average molecular weight is 397 g/mol. The highest BCUT2D eigenvalue weighted by Gasteiger charge is 2.26. The molecule has 6 nitrogen and oxygen atoms in total. The molecule has 0 aliphatic carbocycles. The second-order valence-corrected chi connectivity index (χ2v) is 8.09. The number of amides is 2. The maximum atomic E-state index is 12.4. The first-order chi connectivity index (χ1) is 13.9. The third-order valence-corrected chi connectivity index (χ3v) is 5.27. The summed E-state index contributed by atoms with van der Waals surface area (Å²) in [6.45, 7) is 7.07. The first kappa shape index (κ1) is 20.9. The minimum absolute atomic E-state index is 0.0109. The summed E-state index contributed by atoms with van der Waals surface area (Å²) in [6, 6.07) is 14.1. The zero-order valence-corrected chi connectivity index (χ0v) is 17.3. The summed E-state index contributed by atoms with van der Waals surface area (Å²) in [5, 5.41) is 5.79. The lowest BCUT2D eigenvalue weighted by Crippen LogP contribution is -3.15. The van der Waals surface area contributed by atoms with Crippen LogP contribution in [0.3, 0.4) is 0 Å². The van der Waals surface area contributed by atoms with Gasteiger partial charge < -0.3 is 20.3 Å². The molecule has 154 valence electrons. The molecule has 0 unspecified atom stereocenters. The van der Waals surface area contributed by atoms with E-state index in [1.54, 1.807) is 55.6 Å². The third kappa shape index (κ3) is 6.06. The van der Waals surface area contributed by atoms with E-state index in [-0.39, 0.29) is 11.8 Å². The Morgan fingerprint density at radius 3 is 2.07 bits per heavy atom. The maximum absolute atomic E-state index is 12.4. The molecule has 0 saturated carbocycles. The normalized spacial score (nSPS) is 21.3. The van der Waals surface area contributed by atoms with Gasteiger partial charge in [0.1, 0.15) is 5.75 Å². The van der Waals surface area contributed by atoms with E-state index in [0.717, 1.165) is 18.8 Å². The Kier molecular flexibility index (Phi) is 6.88. The van der Waals surface area contributed by atoms with Crippen LogP contribution in [0.5, 0.6) is 5.75 Å². The van der Waals surface area contributed by atoms with E-state index in [9.17, 15) is 9.59 Å². The Balaban J connectivity index is 1.52. The Morgan fingerprint density at radius 1 is 0.931 bits per heavy atom. The zero-order valence-electron chi connectivity index (χ0n) is 17.3. The van der Waals surface area contributed by atoms with E-state index < -0.39 is 0 Å². The number of piperidine rings is 1. The lowest BCUT2D eigenvalue weighted by Gasteiger charge is -2.31. The monoisotopic (exact) mass is 396 g/mol. The summed E-state index contributed by atoms with van der Waals surface area (Å²) < 4.78 is 5.11. The van der Waals surface area contributed by atoms with E-state index in [1.807, 2.05) is 0 Å². The molecule has 2 aromatic carbocycles. The molecule has 1 aliphatic heterocycles. The van der Waals surface area contributed by atoms with Crippen molar-refractivity contribution in [3.05, 3.63) is 54.1 Å². The van der Waals surface area contributed by atoms with Gasteiger partial charge in [-0.25, -0.2) is 0 Å². The summed E-state index contributed by atoms with van der Waals surface area (Å²) in [4.78, 5) is 26.1. The number of hydrogen-bond acceptors (Lipinski definition) is 3. The molecule has 2 aromatic rings. The van der Waals surface area contributed by atoms with Gasteiger partial charge in [-0.05, 0) is 55.0 Å². The first-order valence-corrected chi connectivity index (χ1v) is 10.1. The van der Waals surface area contributed by atoms with Gasteiger partial charge in [0, 0.05) is 28.8 Å². The van der Waals surface area contributed by atoms with E-state index in [2.05, 4.69) is 24.5 Å². The van der Waals surface area contributed by atoms with Crippen molar-refractivity contribution in [1.29, 1.82) is 0 Å². The number of benzene rings is 2. The van der Waals surface area contributed by atoms with Gasteiger partial charge in [0.25, 0.3) is 11.8 Å². The van der Waals surface area contributed by atoms with Gasteiger partial charge in [0.2, 0.25) is 0 Å². The fourth-order valence-corrected chi connectivity index (χ4v) is 4.08. The molecule has 2 amide bonds. The van der Waals surface area contributed by atoms with Gasteiger partial charge in [-0.15, -0.1) is 0 Å². The van der Waals surface area contributed by atoms with Crippen molar-refractivity contribution < 1.29 is 19.2 Å². The molecule has 29 heavy (non-hydrogen) atoms. The van der Waals surface area contributed by atoms with E-state index in [4.69, 9.17) is 4.74 Å². The standard InChI is InChI=1S/C23H29N3O3/c1-16-12-17(2)14-26(13-16)15-22(27)24-19-6-4-18(5-7-19)23(28)25-20-8-10-21(29-3)11-9-20/h4-11,16-17H,12-15H2,1-3H3,(H,24,27)(H,25,28)/p+1/t16-,17-/m0/s1. The van der Waals surface area contributed by atoms with Crippen LogP contribution in [0.1, 0.15) is 30.6 Å². The number of carbonyl (C=O) groups excluding carboxylic acids is 2. The van der Waals surface area contributed by atoms with Crippen LogP contribution in [0.2, 0.25) is 0 Å². The van der Waals surface area contributed by atoms with E-state index in [0.29, 0.717) is 35.3 Å². The van der Waals surface area contributed by atoms with Crippen molar-refractivity contribution in [3.63, 3.8) is 0 Å². The lowest BCUT2D eigenvalue weighted by atomic mass is 9.92. The van der Waals surface area contributed by atoms with Crippen LogP contribution in [0.15, 0.2) is 48.5 Å². The Hall–Kier alpha value is -2.86. The van der Waals surface area contributed by atoms with E-state index in [1.165, 1.54) is 11.3 Å². The third-order valence-electron chi connectivity index (χ3n) is 5.27. The molecule has 6 heteroatoms. The smallest absolute Gasteiger partial charge is 0.279 e. The fraction of sp³-hybridized carbons (Fsp3) is 0.391. The number of methoxy groups -OCH3 is 1. The van der Waals surface area contributed by atoms with Crippen molar-refractivity contribution in [3.8, 4) is 5.75 Å². The largest absolute Gasteiger partial charge is 0.497 e. The van der Waals surface area contributed by atoms with Crippen molar-refractivity contribution in [2.45, 2.75) is 20.3 Å². The zero-order chi connectivity index (χ0) is 20.8. The predicted molar refractivity (Wildman–Crippen MR) is 115 cm³/mol. The van der Waals surface area contributed by atoms with Crippen molar-refractivity contribution in [2.24, 2.45) is 11.8 Å². The highest BCUT2D eigenvalue weighted by Crippen LogP contribution is 2.17. The molecule has 0 bridgehead atoms. The Morgan fingerprint density at radius 2 is 1.48 bits per heavy atom. The van der Waals surface area contributed by atoms with Crippen LogP contribution in [-0.2, 0) is 4.79 Å².